The molecule has 0 aliphatic carbocycles. The maximum atomic E-state index is 14.8. The van der Waals surface area contributed by atoms with Crippen molar-refractivity contribution >= 4 is 10.8 Å². The Balaban J connectivity index is 1.56. The van der Waals surface area contributed by atoms with Crippen molar-refractivity contribution < 1.29 is 22.0 Å². The van der Waals surface area contributed by atoms with E-state index in [2.05, 4.69) is 18.8 Å². The van der Waals surface area contributed by atoms with E-state index in [-0.39, 0.29) is 22.1 Å². The number of benzene rings is 4. The van der Waals surface area contributed by atoms with Gasteiger partial charge in [0.1, 0.15) is 17.5 Å². The Hall–Kier alpha value is -3.65. The molecule has 0 bridgehead atoms. The van der Waals surface area contributed by atoms with Crippen molar-refractivity contribution in [2.45, 2.75) is 39.0 Å². The van der Waals surface area contributed by atoms with Crippen LogP contribution in [0.4, 0.5) is 22.0 Å². The molecule has 0 unspecified atom stereocenters. The van der Waals surface area contributed by atoms with Crippen molar-refractivity contribution in [3.05, 3.63) is 106 Å². The Kier molecular flexibility index (Phi) is 7.51. The van der Waals surface area contributed by atoms with E-state index in [0.717, 1.165) is 31.7 Å². The van der Waals surface area contributed by atoms with Crippen LogP contribution in [0.2, 0.25) is 0 Å². The highest BCUT2D eigenvalue weighted by Crippen LogP contribution is 2.29. The van der Waals surface area contributed by atoms with Gasteiger partial charge in [-0.05, 0) is 65.8 Å². The summed E-state index contributed by atoms with van der Waals surface area (Å²) in [5.41, 5.74) is 1.22. The fourth-order valence-electron chi connectivity index (χ4n) is 4.04. The molecule has 0 aliphatic rings. The molecule has 0 aliphatic heterocycles. The Morgan fingerprint density at radius 2 is 1.43 bits per heavy atom. The Labute approximate surface area is 201 Å². The molecular formula is C30H23F5. The Morgan fingerprint density at radius 1 is 0.657 bits per heavy atom. The molecule has 0 spiro atoms. The van der Waals surface area contributed by atoms with Crippen LogP contribution in [0.5, 0.6) is 0 Å². The van der Waals surface area contributed by atoms with Gasteiger partial charge in [0.05, 0.1) is 5.56 Å². The fourth-order valence-corrected chi connectivity index (χ4v) is 4.04. The SMILES string of the molecule is CCCCCCc1cc(F)c(C#Cc2ccc(-c3ccc4c(F)c(F)ccc4c3)c(F)c2)c(F)c1. The van der Waals surface area contributed by atoms with Gasteiger partial charge in [0.25, 0.3) is 0 Å². The van der Waals surface area contributed by atoms with Crippen LogP contribution in [0, 0.1) is 40.9 Å². The lowest BCUT2D eigenvalue weighted by atomic mass is 9.99. The first-order chi connectivity index (χ1) is 16.9. The van der Waals surface area contributed by atoms with Crippen LogP contribution >= 0.6 is 0 Å². The van der Waals surface area contributed by atoms with E-state index < -0.39 is 29.1 Å². The Morgan fingerprint density at radius 3 is 2.14 bits per heavy atom. The summed E-state index contributed by atoms with van der Waals surface area (Å²) >= 11 is 0. The van der Waals surface area contributed by atoms with Gasteiger partial charge >= 0.3 is 0 Å². The highest BCUT2D eigenvalue weighted by Gasteiger charge is 2.12. The highest BCUT2D eigenvalue weighted by atomic mass is 19.2. The van der Waals surface area contributed by atoms with Crippen LogP contribution in [0.15, 0.2) is 60.7 Å². The molecule has 5 heteroatoms. The van der Waals surface area contributed by atoms with Crippen LogP contribution in [-0.2, 0) is 6.42 Å². The van der Waals surface area contributed by atoms with E-state index in [4.69, 9.17) is 0 Å². The van der Waals surface area contributed by atoms with Gasteiger partial charge in [-0.2, -0.15) is 0 Å². The first kappa shape index (κ1) is 24.5. The number of fused-ring (bicyclic) bond motifs is 1. The minimum Gasteiger partial charge on any atom is -0.206 e. The summed E-state index contributed by atoms with van der Waals surface area (Å²) in [6, 6.07) is 13.7. The molecule has 178 valence electrons. The van der Waals surface area contributed by atoms with Gasteiger partial charge in [-0.3, -0.25) is 0 Å². The minimum atomic E-state index is -0.955. The average Bonchev–Trinajstić information content (AvgIpc) is 2.83. The van der Waals surface area contributed by atoms with Crippen LogP contribution in [0.1, 0.15) is 49.3 Å². The van der Waals surface area contributed by atoms with Gasteiger partial charge in [0.15, 0.2) is 11.6 Å². The van der Waals surface area contributed by atoms with Gasteiger partial charge in [-0.25, -0.2) is 22.0 Å². The lowest BCUT2D eigenvalue weighted by Gasteiger charge is -2.07. The number of aryl methyl sites for hydroxylation is 1. The first-order valence-electron chi connectivity index (χ1n) is 11.5. The second-order valence-electron chi connectivity index (χ2n) is 8.49. The molecule has 0 aromatic heterocycles. The number of halogens is 5. The molecule has 0 radical (unpaired) electrons. The maximum Gasteiger partial charge on any atom is 0.166 e. The Bertz CT molecular complexity index is 1420. The quantitative estimate of drug-likeness (QED) is 0.148. The third-order valence-corrected chi connectivity index (χ3v) is 5.94. The molecule has 0 saturated heterocycles. The number of hydrogen-bond acceptors (Lipinski definition) is 0. The van der Waals surface area contributed by atoms with Gasteiger partial charge in [-0.1, -0.05) is 62.3 Å². The zero-order chi connectivity index (χ0) is 24.9. The topological polar surface area (TPSA) is 0 Å². The maximum absolute atomic E-state index is 14.8. The molecule has 0 saturated carbocycles. The van der Waals surface area contributed by atoms with Gasteiger partial charge in [0, 0.05) is 16.5 Å². The molecule has 0 nitrogen and oxygen atoms in total. The molecule has 35 heavy (non-hydrogen) atoms. The zero-order valence-corrected chi connectivity index (χ0v) is 19.2. The summed E-state index contributed by atoms with van der Waals surface area (Å²) in [5, 5.41) is 0.539. The fraction of sp³-hybridized carbons (Fsp3) is 0.200. The van der Waals surface area contributed by atoms with Crippen molar-refractivity contribution in [1.29, 1.82) is 0 Å². The lowest BCUT2D eigenvalue weighted by molar-refractivity contribution is 0.517. The molecule has 0 N–H and O–H groups in total. The number of rotatable bonds is 6. The molecule has 4 aromatic rings. The van der Waals surface area contributed by atoms with Crippen LogP contribution < -0.4 is 0 Å². The summed E-state index contributed by atoms with van der Waals surface area (Å²) in [7, 11) is 0. The summed E-state index contributed by atoms with van der Waals surface area (Å²) in [6.45, 7) is 2.10. The second-order valence-corrected chi connectivity index (χ2v) is 8.49. The minimum absolute atomic E-state index is 0.104. The number of unbranched alkanes of at least 4 members (excludes halogenated alkanes) is 3. The largest absolute Gasteiger partial charge is 0.206 e. The lowest BCUT2D eigenvalue weighted by Crippen LogP contribution is -1.95. The van der Waals surface area contributed by atoms with Crippen molar-refractivity contribution in [2.75, 3.05) is 0 Å². The molecule has 0 fully saturated rings. The summed E-state index contributed by atoms with van der Waals surface area (Å²) in [4.78, 5) is 0. The standard InChI is InChI=1S/C30H23F5/c1-2-3-4-5-6-20-16-28(33)25(29(34)17-20)12-8-19-7-11-23(27(32)15-19)21-9-13-24-22(18-21)10-14-26(31)30(24)35/h7,9-11,13-18H,2-6H2,1H3. The van der Waals surface area contributed by atoms with Crippen molar-refractivity contribution in [2.24, 2.45) is 0 Å². The van der Waals surface area contributed by atoms with E-state index in [0.29, 0.717) is 22.9 Å². The predicted octanol–water partition coefficient (Wildman–Crippen LogP) is 8.72. The third-order valence-electron chi connectivity index (χ3n) is 5.94. The number of hydrogen-bond donors (Lipinski definition) is 0. The molecule has 4 aromatic carbocycles. The monoisotopic (exact) mass is 478 g/mol. The third kappa shape index (κ3) is 5.54. The summed E-state index contributed by atoms with van der Waals surface area (Å²) < 4.78 is 71.1. The van der Waals surface area contributed by atoms with E-state index in [1.54, 1.807) is 12.1 Å². The van der Waals surface area contributed by atoms with Gasteiger partial charge < -0.3 is 0 Å². The zero-order valence-electron chi connectivity index (χ0n) is 19.2. The summed E-state index contributed by atoms with van der Waals surface area (Å²) in [5.74, 6) is 1.13. The van der Waals surface area contributed by atoms with Crippen LogP contribution in [0.25, 0.3) is 21.9 Å². The van der Waals surface area contributed by atoms with E-state index >= 15 is 0 Å². The van der Waals surface area contributed by atoms with E-state index in [1.165, 1.54) is 42.5 Å². The van der Waals surface area contributed by atoms with Crippen molar-refractivity contribution in [3.63, 3.8) is 0 Å². The molecular weight excluding hydrogens is 455 g/mol. The predicted molar refractivity (Wildman–Crippen MR) is 129 cm³/mol. The molecule has 0 atom stereocenters. The van der Waals surface area contributed by atoms with Crippen molar-refractivity contribution in [1.82, 2.24) is 0 Å². The first-order valence-corrected chi connectivity index (χ1v) is 11.5. The van der Waals surface area contributed by atoms with Crippen LogP contribution in [0.3, 0.4) is 0 Å². The molecule has 0 heterocycles. The van der Waals surface area contributed by atoms with Crippen LogP contribution in [-0.4, -0.2) is 0 Å². The van der Waals surface area contributed by atoms with Gasteiger partial charge in [-0.15, -0.1) is 0 Å². The average molecular weight is 479 g/mol. The smallest absolute Gasteiger partial charge is 0.166 e. The van der Waals surface area contributed by atoms with Gasteiger partial charge in [0.2, 0.25) is 0 Å². The second kappa shape index (κ2) is 10.7. The summed E-state index contributed by atoms with van der Waals surface area (Å²) in [6.07, 6.45) is 4.65. The van der Waals surface area contributed by atoms with E-state index in [9.17, 15) is 22.0 Å². The highest BCUT2D eigenvalue weighted by molar-refractivity contribution is 5.88. The normalized spacial score (nSPS) is 10.9. The molecule has 4 rings (SSSR count). The molecule has 0 amide bonds. The van der Waals surface area contributed by atoms with E-state index in [1.807, 2.05) is 0 Å². The van der Waals surface area contributed by atoms with Crippen molar-refractivity contribution in [3.8, 4) is 23.0 Å².